The summed E-state index contributed by atoms with van der Waals surface area (Å²) < 4.78 is 10.8. The normalized spacial score (nSPS) is 14.8. The molecule has 1 saturated carbocycles. The van der Waals surface area contributed by atoms with Gasteiger partial charge in [0.15, 0.2) is 11.5 Å². The van der Waals surface area contributed by atoms with Gasteiger partial charge in [0.1, 0.15) is 13.2 Å². The molecule has 1 fully saturated rings. The highest BCUT2D eigenvalue weighted by Gasteiger charge is 2.16. The first kappa shape index (κ1) is 13.8. The van der Waals surface area contributed by atoms with Crippen molar-refractivity contribution in [3.05, 3.63) is 24.3 Å². The van der Waals surface area contributed by atoms with Gasteiger partial charge in [0, 0.05) is 0 Å². The van der Waals surface area contributed by atoms with E-state index in [0.29, 0.717) is 6.61 Å². The van der Waals surface area contributed by atoms with Crippen LogP contribution in [0, 0.1) is 11.8 Å². The van der Waals surface area contributed by atoms with Crippen LogP contribution in [0.3, 0.4) is 0 Å². The van der Waals surface area contributed by atoms with Gasteiger partial charge in [-0.15, -0.1) is 0 Å². The molecule has 0 heterocycles. The van der Waals surface area contributed by atoms with Crippen molar-refractivity contribution >= 4 is 0 Å². The van der Waals surface area contributed by atoms with Gasteiger partial charge < -0.3 is 14.8 Å². The molecule has 1 aromatic rings. The van der Waals surface area contributed by atoms with E-state index in [1.54, 1.807) is 7.11 Å². The quantitative estimate of drug-likeness (QED) is 0.816. The zero-order valence-corrected chi connectivity index (χ0v) is 11.5. The van der Waals surface area contributed by atoms with Gasteiger partial charge in [-0.25, -0.2) is 0 Å². The molecule has 1 aliphatic rings. The Balaban J connectivity index is 1.68. The van der Waals surface area contributed by atoms with Crippen LogP contribution < -0.4 is 14.8 Å². The Morgan fingerprint density at radius 3 is 2.63 bits per heavy atom. The Kier molecular flexibility index (Phi) is 5.58. The smallest absolute Gasteiger partial charge is 0.162 e. The van der Waals surface area contributed by atoms with Gasteiger partial charge in [0.2, 0.25) is 0 Å². The molecule has 3 nitrogen and oxygen atoms in total. The van der Waals surface area contributed by atoms with E-state index in [9.17, 15) is 0 Å². The predicted molar refractivity (Wildman–Crippen MR) is 75.3 cm³/mol. The Bertz CT molecular complexity index is 442. The molecule has 1 aromatic carbocycles. The minimum absolute atomic E-state index is 0.416. The molecule has 0 unspecified atom stereocenters. The number of para-hydroxylation sites is 2. The highest BCUT2D eigenvalue weighted by Crippen LogP contribution is 2.25. The maximum atomic E-state index is 5.59. The zero-order valence-electron chi connectivity index (χ0n) is 11.5. The van der Waals surface area contributed by atoms with Crippen molar-refractivity contribution in [1.82, 2.24) is 0 Å². The molecular formula is C16H22NO2+. The molecule has 0 saturated heterocycles. The Morgan fingerprint density at radius 2 is 1.89 bits per heavy atom. The summed E-state index contributed by atoms with van der Waals surface area (Å²) in [4.78, 5) is 0. The number of quaternary nitrogens is 1. The van der Waals surface area contributed by atoms with E-state index in [0.717, 1.165) is 24.1 Å². The molecule has 1 aliphatic carbocycles. The number of methoxy groups -OCH3 is 1. The molecular weight excluding hydrogens is 238 g/mol. The molecule has 102 valence electrons. The van der Waals surface area contributed by atoms with Crippen molar-refractivity contribution in [2.75, 3.05) is 20.3 Å². The number of ether oxygens (including phenoxy) is 2. The lowest BCUT2D eigenvalue weighted by atomic mass is 10.2. The summed E-state index contributed by atoms with van der Waals surface area (Å²) in [5.74, 6) is 7.70. The van der Waals surface area contributed by atoms with E-state index in [1.165, 1.54) is 25.7 Å². The van der Waals surface area contributed by atoms with E-state index < -0.39 is 0 Å². The van der Waals surface area contributed by atoms with E-state index in [-0.39, 0.29) is 0 Å². The van der Waals surface area contributed by atoms with Crippen LogP contribution in [0.4, 0.5) is 0 Å². The van der Waals surface area contributed by atoms with E-state index in [4.69, 9.17) is 9.47 Å². The molecule has 0 radical (unpaired) electrons. The number of nitrogens with two attached hydrogens (primary N) is 1. The average Bonchev–Trinajstić information content (AvgIpc) is 2.96. The largest absolute Gasteiger partial charge is 0.493 e. The summed E-state index contributed by atoms with van der Waals surface area (Å²) in [6.45, 7) is 1.29. The molecule has 19 heavy (non-hydrogen) atoms. The molecule has 0 bridgehead atoms. The molecule has 0 aliphatic heterocycles. The first-order valence-electron chi connectivity index (χ1n) is 6.95. The Hall–Kier alpha value is -1.66. The van der Waals surface area contributed by atoms with Crippen LogP contribution in [0.15, 0.2) is 24.3 Å². The van der Waals surface area contributed by atoms with E-state index >= 15 is 0 Å². The van der Waals surface area contributed by atoms with Crippen molar-refractivity contribution in [3.8, 4) is 23.3 Å². The van der Waals surface area contributed by atoms with E-state index in [2.05, 4.69) is 17.2 Å². The average molecular weight is 260 g/mol. The lowest BCUT2D eigenvalue weighted by Gasteiger charge is -2.07. The fourth-order valence-corrected chi connectivity index (χ4v) is 2.39. The highest BCUT2D eigenvalue weighted by atomic mass is 16.5. The molecule has 0 amide bonds. The number of hydrogen-bond acceptors (Lipinski definition) is 2. The van der Waals surface area contributed by atoms with Crippen LogP contribution in [0.1, 0.15) is 25.7 Å². The fraction of sp³-hybridized carbons (Fsp3) is 0.500. The fourth-order valence-electron chi connectivity index (χ4n) is 2.39. The first-order valence-corrected chi connectivity index (χ1v) is 6.95. The monoisotopic (exact) mass is 260 g/mol. The van der Waals surface area contributed by atoms with E-state index in [1.807, 2.05) is 24.3 Å². The minimum Gasteiger partial charge on any atom is -0.493 e. The van der Waals surface area contributed by atoms with Crippen LogP contribution in [-0.2, 0) is 0 Å². The summed E-state index contributed by atoms with van der Waals surface area (Å²) in [7, 11) is 1.64. The molecule has 0 spiro atoms. The predicted octanol–water partition coefficient (Wildman–Crippen LogP) is 1.58. The maximum Gasteiger partial charge on any atom is 0.162 e. The lowest BCUT2D eigenvalue weighted by Crippen LogP contribution is -2.89. The maximum absolute atomic E-state index is 5.59. The Morgan fingerprint density at radius 1 is 1.16 bits per heavy atom. The Labute approximate surface area is 115 Å². The van der Waals surface area contributed by atoms with Gasteiger partial charge in [-0.3, -0.25) is 0 Å². The second kappa shape index (κ2) is 7.70. The first-order chi connectivity index (χ1) is 9.40. The second-order valence-corrected chi connectivity index (χ2v) is 4.78. The SMILES string of the molecule is COc1ccccc1OCC#CC[NH2+]C1CCCC1. The van der Waals surface area contributed by atoms with Gasteiger partial charge in [0.25, 0.3) is 0 Å². The molecule has 0 aromatic heterocycles. The van der Waals surface area contributed by atoms with Crippen LogP contribution in [0.5, 0.6) is 11.5 Å². The molecule has 0 atom stereocenters. The summed E-state index contributed by atoms with van der Waals surface area (Å²) in [5, 5.41) is 2.35. The van der Waals surface area contributed by atoms with Crippen molar-refractivity contribution in [2.45, 2.75) is 31.7 Å². The summed E-state index contributed by atoms with van der Waals surface area (Å²) >= 11 is 0. The zero-order chi connectivity index (χ0) is 13.3. The standard InChI is InChI=1S/C16H21NO2/c1-18-15-10-4-5-11-16(15)19-13-7-6-12-17-14-8-2-3-9-14/h4-5,10-11,14,17H,2-3,8-9,12-13H2,1H3/p+1. The van der Waals surface area contributed by atoms with Crippen molar-refractivity contribution in [1.29, 1.82) is 0 Å². The van der Waals surface area contributed by atoms with Gasteiger partial charge in [-0.1, -0.05) is 18.1 Å². The topological polar surface area (TPSA) is 35.1 Å². The molecule has 2 N–H and O–H groups in total. The molecule has 3 heteroatoms. The third kappa shape index (κ3) is 4.50. The summed E-state index contributed by atoms with van der Waals surface area (Å²) in [6, 6.07) is 8.43. The third-order valence-electron chi connectivity index (χ3n) is 3.45. The minimum atomic E-state index is 0.416. The summed E-state index contributed by atoms with van der Waals surface area (Å²) in [6.07, 6.45) is 5.45. The van der Waals surface area contributed by atoms with Crippen molar-refractivity contribution in [3.63, 3.8) is 0 Å². The van der Waals surface area contributed by atoms with Crippen LogP contribution in [0.25, 0.3) is 0 Å². The van der Waals surface area contributed by atoms with Crippen LogP contribution in [0.2, 0.25) is 0 Å². The van der Waals surface area contributed by atoms with Crippen molar-refractivity contribution < 1.29 is 14.8 Å². The van der Waals surface area contributed by atoms with Gasteiger partial charge in [-0.2, -0.15) is 0 Å². The number of benzene rings is 1. The van der Waals surface area contributed by atoms with Crippen molar-refractivity contribution in [2.24, 2.45) is 0 Å². The van der Waals surface area contributed by atoms with Gasteiger partial charge in [0.05, 0.1) is 13.2 Å². The summed E-state index contributed by atoms with van der Waals surface area (Å²) in [5.41, 5.74) is 0. The molecule has 2 rings (SSSR count). The second-order valence-electron chi connectivity index (χ2n) is 4.78. The third-order valence-corrected chi connectivity index (χ3v) is 3.45. The van der Waals surface area contributed by atoms with Crippen LogP contribution in [-0.4, -0.2) is 26.3 Å². The van der Waals surface area contributed by atoms with Gasteiger partial charge >= 0.3 is 0 Å². The lowest BCUT2D eigenvalue weighted by molar-refractivity contribution is -0.678. The highest BCUT2D eigenvalue weighted by molar-refractivity contribution is 5.39. The number of hydrogen-bond donors (Lipinski definition) is 1. The van der Waals surface area contributed by atoms with Gasteiger partial charge in [-0.05, 0) is 43.7 Å². The number of rotatable bonds is 5. The van der Waals surface area contributed by atoms with Crippen LogP contribution >= 0.6 is 0 Å².